The molecular formula is C13H16ClN3O2. The number of primary amides is 1. The van der Waals surface area contributed by atoms with Gasteiger partial charge in [0.1, 0.15) is 6.04 Å². The third-order valence-corrected chi connectivity index (χ3v) is 3.76. The molecule has 19 heavy (non-hydrogen) atoms. The highest BCUT2D eigenvalue weighted by atomic mass is 35.5. The molecule has 1 atom stereocenters. The lowest BCUT2D eigenvalue weighted by atomic mass is 10.1. The molecule has 0 radical (unpaired) electrons. The van der Waals surface area contributed by atoms with Crippen LogP contribution in [0.2, 0.25) is 5.02 Å². The molecule has 0 aliphatic carbocycles. The van der Waals surface area contributed by atoms with Gasteiger partial charge in [-0.25, -0.2) is 0 Å². The van der Waals surface area contributed by atoms with Crippen molar-refractivity contribution in [2.75, 3.05) is 19.6 Å². The standard InChI is InChI=1S/C13H16ClN3O2/c1-8-3-2-4-9(11(8)14)13(19)17-6-5-16-7-10(17)12(15)18/h2-4,10,16H,5-7H2,1H3,(H2,15,18). The first-order valence-electron chi connectivity index (χ1n) is 6.08. The van der Waals surface area contributed by atoms with Crippen LogP contribution >= 0.6 is 11.6 Å². The Kier molecular flexibility index (Phi) is 4.07. The number of amides is 2. The Morgan fingerprint density at radius 2 is 2.21 bits per heavy atom. The molecule has 1 aliphatic heterocycles. The number of nitrogens with two attached hydrogens (primary N) is 1. The van der Waals surface area contributed by atoms with Crippen molar-refractivity contribution in [1.29, 1.82) is 0 Å². The van der Waals surface area contributed by atoms with E-state index in [1.165, 1.54) is 4.90 Å². The molecule has 3 N–H and O–H groups in total. The Bertz CT molecular complexity index is 519. The van der Waals surface area contributed by atoms with Crippen molar-refractivity contribution >= 4 is 23.4 Å². The fourth-order valence-electron chi connectivity index (χ4n) is 2.17. The van der Waals surface area contributed by atoms with E-state index in [9.17, 15) is 9.59 Å². The summed E-state index contributed by atoms with van der Waals surface area (Å²) < 4.78 is 0. The number of rotatable bonds is 2. The Hall–Kier alpha value is -1.59. The van der Waals surface area contributed by atoms with E-state index < -0.39 is 11.9 Å². The third-order valence-electron chi connectivity index (χ3n) is 3.25. The van der Waals surface area contributed by atoms with Gasteiger partial charge in [0.2, 0.25) is 5.91 Å². The van der Waals surface area contributed by atoms with Crippen molar-refractivity contribution in [3.63, 3.8) is 0 Å². The van der Waals surface area contributed by atoms with E-state index in [-0.39, 0.29) is 5.91 Å². The number of piperazine rings is 1. The molecule has 0 aromatic heterocycles. The van der Waals surface area contributed by atoms with Gasteiger partial charge < -0.3 is 16.0 Å². The minimum atomic E-state index is -0.627. The zero-order valence-electron chi connectivity index (χ0n) is 10.6. The van der Waals surface area contributed by atoms with E-state index in [4.69, 9.17) is 17.3 Å². The van der Waals surface area contributed by atoms with Gasteiger partial charge in [-0.2, -0.15) is 0 Å². The molecule has 102 valence electrons. The molecule has 1 aliphatic rings. The molecule has 1 aromatic carbocycles. The average molecular weight is 282 g/mol. The molecule has 6 heteroatoms. The molecule has 1 saturated heterocycles. The van der Waals surface area contributed by atoms with E-state index in [1.807, 2.05) is 13.0 Å². The van der Waals surface area contributed by atoms with Crippen molar-refractivity contribution in [3.8, 4) is 0 Å². The van der Waals surface area contributed by atoms with Crippen LogP contribution in [0.25, 0.3) is 0 Å². The van der Waals surface area contributed by atoms with Crippen molar-refractivity contribution in [1.82, 2.24) is 10.2 Å². The summed E-state index contributed by atoms with van der Waals surface area (Å²) >= 11 is 6.16. The Labute approximate surface area is 116 Å². The maximum absolute atomic E-state index is 12.5. The van der Waals surface area contributed by atoms with Gasteiger partial charge >= 0.3 is 0 Å². The van der Waals surface area contributed by atoms with Gasteiger partial charge in [0.15, 0.2) is 0 Å². The maximum atomic E-state index is 12.5. The first kappa shape index (κ1) is 13.8. The number of carbonyl (C=O) groups excluding carboxylic acids is 2. The molecule has 5 nitrogen and oxygen atoms in total. The minimum absolute atomic E-state index is 0.251. The lowest BCUT2D eigenvalue weighted by Crippen LogP contribution is -2.58. The van der Waals surface area contributed by atoms with E-state index in [1.54, 1.807) is 12.1 Å². The quantitative estimate of drug-likeness (QED) is 0.831. The van der Waals surface area contributed by atoms with Gasteiger partial charge in [-0.15, -0.1) is 0 Å². The van der Waals surface area contributed by atoms with Crippen molar-refractivity contribution < 1.29 is 9.59 Å². The van der Waals surface area contributed by atoms with Crippen molar-refractivity contribution in [2.45, 2.75) is 13.0 Å². The zero-order chi connectivity index (χ0) is 14.0. The highest BCUT2D eigenvalue weighted by Gasteiger charge is 2.32. The van der Waals surface area contributed by atoms with Crippen LogP contribution < -0.4 is 11.1 Å². The number of benzene rings is 1. The minimum Gasteiger partial charge on any atom is -0.368 e. The van der Waals surface area contributed by atoms with Crippen LogP contribution in [0.15, 0.2) is 18.2 Å². The lowest BCUT2D eigenvalue weighted by Gasteiger charge is -2.34. The molecule has 0 saturated carbocycles. The Morgan fingerprint density at radius 3 is 2.89 bits per heavy atom. The van der Waals surface area contributed by atoms with Gasteiger partial charge in [0, 0.05) is 19.6 Å². The molecule has 1 aromatic rings. The maximum Gasteiger partial charge on any atom is 0.256 e. The van der Waals surface area contributed by atoms with E-state index in [0.717, 1.165) is 5.56 Å². The molecule has 2 amide bonds. The summed E-state index contributed by atoms with van der Waals surface area (Å²) in [4.78, 5) is 25.4. The van der Waals surface area contributed by atoms with E-state index in [2.05, 4.69) is 5.32 Å². The van der Waals surface area contributed by atoms with Crippen LogP contribution in [-0.2, 0) is 4.79 Å². The average Bonchev–Trinajstić information content (AvgIpc) is 2.41. The Morgan fingerprint density at radius 1 is 1.47 bits per heavy atom. The van der Waals surface area contributed by atoms with E-state index >= 15 is 0 Å². The summed E-state index contributed by atoms with van der Waals surface area (Å²) in [6, 6.07) is 4.65. The Balaban J connectivity index is 2.31. The second kappa shape index (κ2) is 5.59. The number of halogens is 1. The first-order chi connectivity index (χ1) is 9.02. The van der Waals surface area contributed by atoms with Crippen molar-refractivity contribution in [3.05, 3.63) is 34.3 Å². The van der Waals surface area contributed by atoms with Crippen LogP contribution in [0.3, 0.4) is 0 Å². The number of nitrogens with zero attached hydrogens (tertiary/aromatic N) is 1. The normalized spacial score (nSPS) is 19.3. The molecule has 2 rings (SSSR count). The molecule has 1 unspecified atom stereocenters. The van der Waals surface area contributed by atoms with Gasteiger partial charge in [-0.05, 0) is 18.6 Å². The van der Waals surface area contributed by atoms with Crippen LogP contribution in [0.4, 0.5) is 0 Å². The summed E-state index contributed by atoms with van der Waals surface area (Å²) in [6.07, 6.45) is 0. The second-order valence-corrected chi connectivity index (χ2v) is 4.94. The first-order valence-corrected chi connectivity index (χ1v) is 6.46. The molecule has 1 fully saturated rings. The van der Waals surface area contributed by atoms with Gasteiger partial charge in [0.25, 0.3) is 5.91 Å². The predicted molar refractivity (Wildman–Crippen MR) is 73.1 cm³/mol. The summed E-state index contributed by atoms with van der Waals surface area (Å²) in [5.74, 6) is -0.761. The lowest BCUT2D eigenvalue weighted by molar-refractivity contribution is -0.122. The van der Waals surface area contributed by atoms with Crippen molar-refractivity contribution in [2.24, 2.45) is 5.73 Å². The second-order valence-electron chi connectivity index (χ2n) is 4.56. The number of hydrogen-bond donors (Lipinski definition) is 2. The highest BCUT2D eigenvalue weighted by molar-refractivity contribution is 6.34. The molecule has 0 bridgehead atoms. The zero-order valence-corrected chi connectivity index (χ0v) is 11.4. The number of aryl methyl sites for hydroxylation is 1. The number of nitrogens with one attached hydrogen (secondary N) is 1. The third kappa shape index (κ3) is 2.72. The molecule has 1 heterocycles. The van der Waals surface area contributed by atoms with E-state index in [0.29, 0.717) is 30.2 Å². The SMILES string of the molecule is Cc1cccc(C(=O)N2CCNCC2C(N)=O)c1Cl. The fraction of sp³-hybridized carbons (Fsp3) is 0.385. The smallest absolute Gasteiger partial charge is 0.256 e. The summed E-state index contributed by atoms with van der Waals surface area (Å²) in [5, 5.41) is 3.48. The summed E-state index contributed by atoms with van der Waals surface area (Å²) in [5.41, 5.74) is 6.58. The van der Waals surface area contributed by atoms with Gasteiger partial charge in [-0.1, -0.05) is 23.7 Å². The largest absolute Gasteiger partial charge is 0.368 e. The highest BCUT2D eigenvalue weighted by Crippen LogP contribution is 2.22. The molecule has 0 spiro atoms. The predicted octanol–water partition coefficient (Wildman–Crippen LogP) is 0.548. The number of carbonyl (C=O) groups is 2. The van der Waals surface area contributed by atoms with Crippen LogP contribution in [0.5, 0.6) is 0 Å². The number of hydrogen-bond acceptors (Lipinski definition) is 3. The summed E-state index contributed by atoms with van der Waals surface area (Å²) in [7, 11) is 0. The fourth-order valence-corrected chi connectivity index (χ4v) is 2.38. The van der Waals surface area contributed by atoms with Gasteiger partial charge in [0.05, 0.1) is 10.6 Å². The monoisotopic (exact) mass is 281 g/mol. The summed E-state index contributed by atoms with van der Waals surface area (Å²) in [6.45, 7) is 3.29. The van der Waals surface area contributed by atoms with Gasteiger partial charge in [-0.3, -0.25) is 9.59 Å². The topological polar surface area (TPSA) is 75.4 Å². The van der Waals surface area contributed by atoms with Crippen LogP contribution in [0, 0.1) is 6.92 Å². The van der Waals surface area contributed by atoms with Crippen LogP contribution in [-0.4, -0.2) is 42.4 Å². The van der Waals surface area contributed by atoms with Crippen LogP contribution in [0.1, 0.15) is 15.9 Å². The molecular weight excluding hydrogens is 266 g/mol.